The number of rotatable bonds is 3. The Morgan fingerprint density at radius 1 is 1.22 bits per heavy atom. The van der Waals surface area contributed by atoms with E-state index in [2.05, 4.69) is 19.0 Å². The minimum absolute atomic E-state index is 0.563. The second-order valence-corrected chi connectivity index (χ2v) is 6.15. The van der Waals surface area contributed by atoms with Crippen molar-refractivity contribution in [3.05, 3.63) is 32.7 Å². The minimum atomic E-state index is 0.563. The Morgan fingerprint density at radius 2 is 2.11 bits per heavy atom. The van der Waals surface area contributed by atoms with E-state index in [0.717, 1.165) is 21.7 Å². The van der Waals surface area contributed by atoms with Gasteiger partial charge in [-0.05, 0) is 12.1 Å². The quantitative estimate of drug-likeness (QED) is 0.791. The Balaban J connectivity index is 1.89. The zero-order valence-corrected chi connectivity index (χ0v) is 12.0. The Morgan fingerprint density at radius 3 is 2.89 bits per heavy atom. The van der Waals surface area contributed by atoms with E-state index in [-0.39, 0.29) is 0 Å². The fourth-order valence-electron chi connectivity index (χ4n) is 1.53. The molecule has 0 spiro atoms. The van der Waals surface area contributed by atoms with Crippen molar-refractivity contribution in [1.29, 1.82) is 0 Å². The molecule has 1 N–H and O–H groups in total. The summed E-state index contributed by atoms with van der Waals surface area (Å²) in [5.74, 6) is 0. The predicted molar refractivity (Wildman–Crippen MR) is 76.9 cm³/mol. The highest BCUT2D eigenvalue weighted by molar-refractivity contribution is 7.15. The molecule has 0 amide bonds. The SMILES string of the molecule is Clc1cnc(CNc2c(Cl)ccc3nsnc23)s1. The fourth-order valence-corrected chi connectivity index (χ4v) is 3.19. The van der Waals surface area contributed by atoms with Crippen LogP contribution >= 0.6 is 46.3 Å². The highest BCUT2D eigenvalue weighted by Gasteiger charge is 2.10. The number of halogens is 2. The van der Waals surface area contributed by atoms with Crippen LogP contribution in [0.4, 0.5) is 5.69 Å². The lowest BCUT2D eigenvalue weighted by atomic mass is 10.2. The van der Waals surface area contributed by atoms with Gasteiger partial charge in [-0.2, -0.15) is 8.75 Å². The Kier molecular flexibility index (Phi) is 3.34. The highest BCUT2D eigenvalue weighted by Crippen LogP contribution is 2.30. The van der Waals surface area contributed by atoms with Crippen LogP contribution in [0.15, 0.2) is 18.3 Å². The third kappa shape index (κ3) is 2.29. The van der Waals surface area contributed by atoms with Gasteiger partial charge in [0.05, 0.1) is 35.2 Å². The minimum Gasteiger partial charge on any atom is -0.375 e. The summed E-state index contributed by atoms with van der Waals surface area (Å²) < 4.78 is 9.09. The van der Waals surface area contributed by atoms with E-state index in [1.807, 2.05) is 12.1 Å². The van der Waals surface area contributed by atoms with Gasteiger partial charge in [-0.25, -0.2) is 4.98 Å². The van der Waals surface area contributed by atoms with Crippen molar-refractivity contribution in [2.75, 3.05) is 5.32 Å². The first-order valence-electron chi connectivity index (χ1n) is 4.99. The van der Waals surface area contributed by atoms with Crippen molar-refractivity contribution in [1.82, 2.24) is 13.7 Å². The smallest absolute Gasteiger partial charge is 0.129 e. The fraction of sp³-hybridized carbons (Fsp3) is 0.100. The van der Waals surface area contributed by atoms with Gasteiger partial charge in [-0.3, -0.25) is 0 Å². The van der Waals surface area contributed by atoms with Crippen LogP contribution in [0.2, 0.25) is 9.36 Å². The lowest BCUT2D eigenvalue weighted by Crippen LogP contribution is -2.00. The van der Waals surface area contributed by atoms with Gasteiger partial charge in [0.2, 0.25) is 0 Å². The van der Waals surface area contributed by atoms with Crippen LogP contribution in [0.3, 0.4) is 0 Å². The van der Waals surface area contributed by atoms with Gasteiger partial charge in [0.15, 0.2) is 0 Å². The lowest BCUT2D eigenvalue weighted by molar-refractivity contribution is 1.11. The number of anilines is 1. The third-order valence-electron chi connectivity index (χ3n) is 2.32. The summed E-state index contributed by atoms with van der Waals surface area (Å²) >= 11 is 14.6. The summed E-state index contributed by atoms with van der Waals surface area (Å²) in [6.07, 6.45) is 1.63. The lowest BCUT2D eigenvalue weighted by Gasteiger charge is -2.06. The topological polar surface area (TPSA) is 50.7 Å². The van der Waals surface area contributed by atoms with E-state index in [4.69, 9.17) is 23.2 Å². The molecule has 0 aliphatic carbocycles. The first-order valence-corrected chi connectivity index (χ1v) is 7.29. The molecule has 4 nitrogen and oxygen atoms in total. The molecular weight excluding hydrogens is 311 g/mol. The zero-order chi connectivity index (χ0) is 12.5. The molecule has 0 fully saturated rings. The van der Waals surface area contributed by atoms with Crippen LogP contribution < -0.4 is 5.32 Å². The van der Waals surface area contributed by atoms with Crippen LogP contribution in [0.1, 0.15) is 5.01 Å². The van der Waals surface area contributed by atoms with Crippen LogP contribution in [0.5, 0.6) is 0 Å². The number of fused-ring (bicyclic) bond motifs is 1. The van der Waals surface area contributed by atoms with Gasteiger partial charge in [-0.1, -0.05) is 23.2 Å². The van der Waals surface area contributed by atoms with Crippen molar-refractivity contribution < 1.29 is 0 Å². The zero-order valence-electron chi connectivity index (χ0n) is 8.85. The van der Waals surface area contributed by atoms with Crippen molar-refractivity contribution in [3.8, 4) is 0 Å². The molecule has 18 heavy (non-hydrogen) atoms. The highest BCUT2D eigenvalue weighted by atomic mass is 35.5. The summed E-state index contributed by atoms with van der Waals surface area (Å²) in [7, 11) is 0. The second-order valence-electron chi connectivity index (χ2n) is 3.47. The van der Waals surface area contributed by atoms with Gasteiger partial charge in [0.1, 0.15) is 20.4 Å². The van der Waals surface area contributed by atoms with Crippen molar-refractivity contribution >= 4 is 63.0 Å². The molecule has 2 heterocycles. The van der Waals surface area contributed by atoms with E-state index in [1.165, 1.54) is 23.1 Å². The van der Waals surface area contributed by atoms with Gasteiger partial charge in [0, 0.05) is 0 Å². The number of benzene rings is 1. The summed E-state index contributed by atoms with van der Waals surface area (Å²) in [5, 5.41) is 4.76. The van der Waals surface area contributed by atoms with E-state index in [0.29, 0.717) is 15.9 Å². The third-order valence-corrected chi connectivity index (χ3v) is 4.29. The number of nitrogens with zero attached hydrogens (tertiary/aromatic N) is 3. The van der Waals surface area contributed by atoms with Gasteiger partial charge in [-0.15, -0.1) is 11.3 Å². The molecule has 3 aromatic rings. The summed E-state index contributed by atoms with van der Waals surface area (Å²) in [5.41, 5.74) is 2.41. The Bertz CT molecular complexity index is 694. The van der Waals surface area contributed by atoms with Crippen LogP contribution in [0.25, 0.3) is 11.0 Å². The standard InChI is InChI=1S/C10H6Cl2N4S2/c11-5-1-2-6-10(16-18-15-6)9(5)14-4-8-13-3-7(12)17-8/h1-3,14H,4H2. The maximum absolute atomic E-state index is 6.16. The van der Waals surface area contributed by atoms with Gasteiger partial charge < -0.3 is 5.32 Å². The summed E-state index contributed by atoms with van der Waals surface area (Å²) in [6, 6.07) is 3.66. The van der Waals surface area contributed by atoms with Crippen molar-refractivity contribution in [2.45, 2.75) is 6.54 Å². The van der Waals surface area contributed by atoms with E-state index in [9.17, 15) is 0 Å². The van der Waals surface area contributed by atoms with Crippen LogP contribution in [0, 0.1) is 0 Å². The molecule has 0 bridgehead atoms. The molecule has 1 aromatic carbocycles. The van der Waals surface area contributed by atoms with Crippen molar-refractivity contribution in [3.63, 3.8) is 0 Å². The maximum Gasteiger partial charge on any atom is 0.129 e. The Labute approximate surface area is 121 Å². The average Bonchev–Trinajstić information content (AvgIpc) is 2.96. The molecule has 0 aliphatic rings. The first-order chi connectivity index (χ1) is 8.74. The monoisotopic (exact) mass is 316 g/mol. The predicted octanol–water partition coefficient (Wildman–Crippen LogP) is 4.07. The summed E-state index contributed by atoms with van der Waals surface area (Å²) in [4.78, 5) is 4.18. The first kappa shape index (κ1) is 12.1. The molecule has 0 atom stereocenters. The van der Waals surface area contributed by atoms with Gasteiger partial charge in [0.25, 0.3) is 0 Å². The molecular formula is C10H6Cl2N4S2. The van der Waals surface area contributed by atoms with Crippen LogP contribution in [-0.4, -0.2) is 13.7 Å². The summed E-state index contributed by atoms with van der Waals surface area (Å²) in [6.45, 7) is 0.563. The van der Waals surface area contributed by atoms with E-state index < -0.39 is 0 Å². The van der Waals surface area contributed by atoms with E-state index >= 15 is 0 Å². The molecule has 0 saturated carbocycles. The Hall–Kier alpha value is -0.950. The molecule has 0 saturated heterocycles. The number of hydrogen-bond acceptors (Lipinski definition) is 6. The number of hydrogen-bond donors (Lipinski definition) is 1. The molecule has 0 radical (unpaired) electrons. The largest absolute Gasteiger partial charge is 0.375 e. The van der Waals surface area contributed by atoms with Crippen LogP contribution in [-0.2, 0) is 6.54 Å². The molecule has 2 aromatic heterocycles. The molecule has 8 heteroatoms. The van der Waals surface area contributed by atoms with E-state index in [1.54, 1.807) is 6.20 Å². The molecule has 0 unspecified atom stereocenters. The maximum atomic E-state index is 6.16. The molecule has 92 valence electrons. The average molecular weight is 317 g/mol. The molecule has 3 rings (SSSR count). The van der Waals surface area contributed by atoms with Gasteiger partial charge >= 0.3 is 0 Å². The number of aromatic nitrogens is 3. The van der Waals surface area contributed by atoms with Crippen molar-refractivity contribution in [2.24, 2.45) is 0 Å². The second kappa shape index (κ2) is 4.97. The normalized spacial score (nSPS) is 11.0. The molecule has 0 aliphatic heterocycles. The number of thiazole rings is 1. The number of nitrogens with one attached hydrogen (secondary N) is 1.